The largest absolute Gasteiger partial charge is 0.477 e. The van der Waals surface area contributed by atoms with Crippen LogP contribution in [0.3, 0.4) is 0 Å². The van der Waals surface area contributed by atoms with Crippen LogP contribution in [0.1, 0.15) is 16.8 Å². The second kappa shape index (κ2) is 6.50. The maximum Gasteiger partial charge on any atom is 0.342 e. The molecule has 0 saturated carbocycles. The number of rotatable bonds is 6. The number of carboxylic acids is 1. The normalized spacial score (nSPS) is 9.90. The molecule has 0 aliphatic carbocycles. The first kappa shape index (κ1) is 15.4. The monoisotopic (exact) mass is 281 g/mol. The van der Waals surface area contributed by atoms with E-state index in [1.165, 1.54) is 19.2 Å². The summed E-state index contributed by atoms with van der Waals surface area (Å²) in [7, 11) is 3.20. The van der Waals surface area contributed by atoms with Crippen molar-refractivity contribution < 1.29 is 19.6 Å². The smallest absolute Gasteiger partial charge is 0.342 e. The molecule has 0 aromatic heterocycles. The number of amides is 1. The summed E-state index contributed by atoms with van der Waals surface area (Å²) in [6, 6.07) is 3.83. The van der Waals surface area contributed by atoms with E-state index >= 15 is 0 Å². The Labute approximate surface area is 115 Å². The van der Waals surface area contributed by atoms with Gasteiger partial charge in [0.15, 0.2) is 0 Å². The molecule has 0 heterocycles. The molecular weight excluding hydrogens is 266 g/mol. The predicted molar refractivity (Wildman–Crippen MR) is 72.0 cm³/mol. The molecule has 1 aromatic rings. The van der Waals surface area contributed by atoms with Crippen molar-refractivity contribution in [1.29, 1.82) is 0 Å². The maximum absolute atomic E-state index is 11.1. The number of nitrogens with one attached hydrogen (secondary N) is 1. The van der Waals surface area contributed by atoms with E-state index in [4.69, 9.17) is 5.11 Å². The minimum atomic E-state index is -1.36. The second-order valence-corrected chi connectivity index (χ2v) is 4.11. The summed E-state index contributed by atoms with van der Waals surface area (Å²) >= 11 is 0. The molecule has 0 spiro atoms. The van der Waals surface area contributed by atoms with Gasteiger partial charge in [-0.05, 0) is 12.1 Å². The summed E-state index contributed by atoms with van der Waals surface area (Å²) < 4.78 is 0. The van der Waals surface area contributed by atoms with Crippen molar-refractivity contribution in [3.63, 3.8) is 0 Å². The van der Waals surface area contributed by atoms with E-state index in [-0.39, 0.29) is 17.9 Å². The molecule has 1 amide bonds. The number of carbonyl (C=O) groups is 2. The fourth-order valence-corrected chi connectivity index (χ4v) is 1.62. The first-order chi connectivity index (χ1) is 9.36. The van der Waals surface area contributed by atoms with Crippen molar-refractivity contribution in [3.05, 3.63) is 33.9 Å². The lowest BCUT2D eigenvalue weighted by Crippen LogP contribution is -2.26. The van der Waals surface area contributed by atoms with Crippen molar-refractivity contribution in [2.75, 3.05) is 25.5 Å². The topological polar surface area (TPSA) is 113 Å². The molecule has 0 aliphatic heterocycles. The number of carbonyl (C=O) groups excluding carboxylic acids is 1. The van der Waals surface area contributed by atoms with Crippen molar-refractivity contribution in [2.24, 2.45) is 0 Å². The molecule has 2 N–H and O–H groups in total. The van der Waals surface area contributed by atoms with Gasteiger partial charge < -0.3 is 15.3 Å². The lowest BCUT2D eigenvalue weighted by molar-refractivity contribution is -0.385. The molecule has 0 aliphatic rings. The van der Waals surface area contributed by atoms with Gasteiger partial charge in [-0.3, -0.25) is 14.9 Å². The van der Waals surface area contributed by atoms with Crippen LogP contribution < -0.4 is 10.2 Å². The Kier molecular flexibility index (Phi) is 5.01. The average Bonchev–Trinajstić information content (AvgIpc) is 2.43. The standard InChI is InChI=1S/C12H15N3O5/c1-13-11(16)5-6-14(2)8-3-4-10(15(19)20)9(7-8)12(17)18/h3-4,7H,5-6H2,1-2H3,(H,13,16)(H,17,18). The molecule has 1 rings (SSSR count). The number of carboxylic acid groups (broad SMARTS) is 1. The molecule has 108 valence electrons. The molecule has 0 unspecified atom stereocenters. The van der Waals surface area contributed by atoms with Crippen LogP contribution in [0.2, 0.25) is 0 Å². The number of benzene rings is 1. The van der Waals surface area contributed by atoms with E-state index in [0.717, 1.165) is 6.07 Å². The van der Waals surface area contributed by atoms with Crippen LogP contribution in [0.15, 0.2) is 18.2 Å². The molecular formula is C12H15N3O5. The summed E-state index contributed by atoms with van der Waals surface area (Å²) in [6.45, 7) is 0.372. The van der Waals surface area contributed by atoms with E-state index in [9.17, 15) is 19.7 Å². The Morgan fingerprint density at radius 3 is 2.60 bits per heavy atom. The van der Waals surface area contributed by atoms with Crippen LogP contribution in [0.25, 0.3) is 0 Å². The number of nitro benzene ring substituents is 1. The van der Waals surface area contributed by atoms with Crippen LogP contribution >= 0.6 is 0 Å². The van der Waals surface area contributed by atoms with Gasteiger partial charge >= 0.3 is 5.97 Å². The van der Waals surface area contributed by atoms with Crippen molar-refractivity contribution >= 4 is 23.3 Å². The predicted octanol–water partition coefficient (Wildman–Crippen LogP) is 0.865. The van der Waals surface area contributed by atoms with E-state index in [1.807, 2.05) is 0 Å². The van der Waals surface area contributed by atoms with Gasteiger partial charge in [0.2, 0.25) is 5.91 Å². The van der Waals surface area contributed by atoms with E-state index in [1.54, 1.807) is 11.9 Å². The fraction of sp³-hybridized carbons (Fsp3) is 0.333. The summed E-state index contributed by atoms with van der Waals surface area (Å²) in [5.41, 5.74) is -0.336. The van der Waals surface area contributed by atoms with Crippen LogP contribution in [0, 0.1) is 10.1 Å². The molecule has 0 bridgehead atoms. The summed E-state index contributed by atoms with van der Waals surface area (Å²) in [6.07, 6.45) is 0.242. The van der Waals surface area contributed by atoms with Crippen molar-refractivity contribution in [2.45, 2.75) is 6.42 Å². The number of anilines is 1. The minimum absolute atomic E-state index is 0.141. The van der Waals surface area contributed by atoms with Crippen molar-refractivity contribution in [3.8, 4) is 0 Å². The number of nitrogens with zero attached hydrogens (tertiary/aromatic N) is 2. The van der Waals surface area contributed by atoms with Gasteiger partial charge in [-0.2, -0.15) is 0 Å². The fourth-order valence-electron chi connectivity index (χ4n) is 1.62. The van der Waals surface area contributed by atoms with Crippen LogP contribution in [0.5, 0.6) is 0 Å². The lowest BCUT2D eigenvalue weighted by Gasteiger charge is -2.19. The van der Waals surface area contributed by atoms with Gasteiger partial charge in [-0.1, -0.05) is 0 Å². The third-order valence-corrected chi connectivity index (χ3v) is 2.80. The van der Waals surface area contributed by atoms with Gasteiger partial charge in [0.05, 0.1) is 4.92 Å². The van der Waals surface area contributed by atoms with Crippen LogP contribution in [-0.4, -0.2) is 42.5 Å². The Morgan fingerprint density at radius 1 is 1.45 bits per heavy atom. The zero-order chi connectivity index (χ0) is 15.3. The highest BCUT2D eigenvalue weighted by Crippen LogP contribution is 2.24. The van der Waals surface area contributed by atoms with Gasteiger partial charge in [0, 0.05) is 38.8 Å². The second-order valence-electron chi connectivity index (χ2n) is 4.11. The molecule has 8 heteroatoms. The van der Waals surface area contributed by atoms with Crippen LogP contribution in [0.4, 0.5) is 11.4 Å². The highest BCUT2D eigenvalue weighted by atomic mass is 16.6. The Balaban J connectivity index is 2.97. The third-order valence-electron chi connectivity index (χ3n) is 2.80. The molecule has 0 radical (unpaired) electrons. The molecule has 0 fully saturated rings. The van der Waals surface area contributed by atoms with E-state index in [2.05, 4.69) is 5.32 Å². The molecule has 20 heavy (non-hydrogen) atoms. The van der Waals surface area contributed by atoms with Gasteiger partial charge in [-0.15, -0.1) is 0 Å². The Morgan fingerprint density at radius 2 is 2.10 bits per heavy atom. The summed E-state index contributed by atoms with van der Waals surface area (Å²) in [5, 5.41) is 22.2. The summed E-state index contributed by atoms with van der Waals surface area (Å²) in [4.78, 5) is 33.8. The quantitative estimate of drug-likeness (QED) is 0.590. The minimum Gasteiger partial charge on any atom is -0.477 e. The number of hydrogen-bond donors (Lipinski definition) is 2. The first-order valence-corrected chi connectivity index (χ1v) is 5.80. The average molecular weight is 281 g/mol. The van der Waals surface area contributed by atoms with E-state index in [0.29, 0.717) is 12.2 Å². The number of hydrogen-bond acceptors (Lipinski definition) is 5. The van der Waals surface area contributed by atoms with Crippen molar-refractivity contribution in [1.82, 2.24) is 5.32 Å². The maximum atomic E-state index is 11.1. The SMILES string of the molecule is CNC(=O)CCN(C)c1ccc([N+](=O)[O-])c(C(=O)O)c1. The van der Waals surface area contributed by atoms with Crippen LogP contribution in [-0.2, 0) is 4.79 Å². The highest BCUT2D eigenvalue weighted by molar-refractivity contribution is 5.93. The Hall–Kier alpha value is -2.64. The molecule has 0 atom stereocenters. The number of nitro groups is 1. The zero-order valence-electron chi connectivity index (χ0n) is 11.1. The van der Waals surface area contributed by atoms with E-state index < -0.39 is 16.6 Å². The number of aromatic carboxylic acids is 1. The Bertz CT molecular complexity index is 544. The summed E-state index contributed by atoms with van der Waals surface area (Å²) in [5.74, 6) is -1.50. The molecule has 0 saturated heterocycles. The highest BCUT2D eigenvalue weighted by Gasteiger charge is 2.20. The van der Waals surface area contributed by atoms with Gasteiger partial charge in [0.1, 0.15) is 5.56 Å². The third kappa shape index (κ3) is 3.67. The molecule has 8 nitrogen and oxygen atoms in total. The first-order valence-electron chi connectivity index (χ1n) is 5.80. The van der Waals surface area contributed by atoms with Gasteiger partial charge in [0.25, 0.3) is 5.69 Å². The molecule has 1 aromatic carbocycles. The van der Waals surface area contributed by atoms with Gasteiger partial charge in [-0.25, -0.2) is 4.79 Å². The zero-order valence-corrected chi connectivity index (χ0v) is 11.1. The lowest BCUT2D eigenvalue weighted by atomic mass is 10.1.